The Balaban J connectivity index is 2.17. The van der Waals surface area contributed by atoms with Crippen molar-refractivity contribution in [3.05, 3.63) is 39.9 Å². The summed E-state index contributed by atoms with van der Waals surface area (Å²) in [5, 5.41) is 24.1. The molecule has 22 heavy (non-hydrogen) atoms. The minimum Gasteiger partial charge on any atom is -0.390 e. The van der Waals surface area contributed by atoms with Crippen LogP contribution in [0.5, 0.6) is 0 Å². The van der Waals surface area contributed by atoms with Crippen molar-refractivity contribution in [1.29, 1.82) is 0 Å². The van der Waals surface area contributed by atoms with Gasteiger partial charge in [0.2, 0.25) is 0 Å². The summed E-state index contributed by atoms with van der Waals surface area (Å²) >= 11 is 0. The van der Waals surface area contributed by atoms with Gasteiger partial charge >= 0.3 is 0 Å². The van der Waals surface area contributed by atoms with Crippen LogP contribution in [-0.4, -0.2) is 66.2 Å². The Kier molecular flexibility index (Phi) is 4.81. The van der Waals surface area contributed by atoms with E-state index in [-0.39, 0.29) is 17.2 Å². The number of rotatable bonds is 5. The van der Waals surface area contributed by atoms with Crippen LogP contribution in [0, 0.1) is 10.1 Å². The molecule has 0 amide bonds. The van der Waals surface area contributed by atoms with Gasteiger partial charge < -0.3 is 5.11 Å². The van der Waals surface area contributed by atoms with E-state index in [1.54, 1.807) is 36.2 Å². The van der Waals surface area contributed by atoms with Crippen LogP contribution in [0.1, 0.15) is 5.56 Å². The minimum absolute atomic E-state index is 0.00336. The predicted octanol–water partition coefficient (Wildman–Crippen LogP) is 0.0313. The lowest BCUT2D eigenvalue weighted by molar-refractivity contribution is -0.384. The van der Waals surface area contributed by atoms with Crippen LogP contribution in [0.25, 0.3) is 0 Å². The maximum Gasteiger partial charge on any atom is 0.269 e. The summed E-state index contributed by atoms with van der Waals surface area (Å²) in [5.74, 6) is -0.332. The van der Waals surface area contributed by atoms with E-state index in [0.29, 0.717) is 6.54 Å². The predicted molar refractivity (Wildman–Crippen MR) is 80.8 cm³/mol. The van der Waals surface area contributed by atoms with Crippen LogP contribution in [0.3, 0.4) is 0 Å². The van der Waals surface area contributed by atoms with Crippen LogP contribution in [0.2, 0.25) is 0 Å². The van der Waals surface area contributed by atoms with Crippen molar-refractivity contribution in [2.45, 2.75) is 18.7 Å². The number of hydrogen-bond donors (Lipinski definition) is 1. The van der Waals surface area contributed by atoms with Crippen molar-refractivity contribution >= 4 is 15.5 Å². The number of nitro groups is 1. The third-order valence-corrected chi connectivity index (χ3v) is 5.38. The Labute approximate surface area is 129 Å². The van der Waals surface area contributed by atoms with Crippen LogP contribution in [0.15, 0.2) is 24.3 Å². The van der Waals surface area contributed by atoms with E-state index in [4.69, 9.17) is 0 Å². The first-order chi connectivity index (χ1) is 10.2. The number of hydrogen-bond acceptors (Lipinski definition) is 7. The molecule has 1 aliphatic heterocycles. The van der Waals surface area contributed by atoms with Crippen molar-refractivity contribution in [3.8, 4) is 0 Å². The Hall–Kier alpha value is -1.55. The molecule has 0 radical (unpaired) electrons. The van der Waals surface area contributed by atoms with Crippen molar-refractivity contribution in [2.24, 2.45) is 0 Å². The van der Waals surface area contributed by atoms with Gasteiger partial charge in [-0.3, -0.25) is 10.1 Å². The molecule has 2 rings (SSSR count). The largest absolute Gasteiger partial charge is 0.390 e. The third kappa shape index (κ3) is 3.80. The van der Waals surface area contributed by atoms with E-state index in [1.165, 1.54) is 12.1 Å². The number of nitrogens with zero attached hydrogens (tertiary/aromatic N) is 3. The highest BCUT2D eigenvalue weighted by molar-refractivity contribution is 7.91. The van der Waals surface area contributed by atoms with Gasteiger partial charge in [0.15, 0.2) is 9.84 Å². The van der Waals surface area contributed by atoms with Gasteiger partial charge in [-0.15, -0.1) is 0 Å². The Morgan fingerprint density at radius 2 is 1.86 bits per heavy atom. The Morgan fingerprint density at radius 3 is 2.27 bits per heavy atom. The van der Waals surface area contributed by atoms with E-state index in [9.17, 15) is 23.6 Å². The van der Waals surface area contributed by atoms with Gasteiger partial charge in [-0.1, -0.05) is 12.1 Å². The fourth-order valence-electron chi connectivity index (χ4n) is 2.56. The maximum absolute atomic E-state index is 11.7. The summed E-state index contributed by atoms with van der Waals surface area (Å²) in [6, 6.07) is 5.56. The van der Waals surface area contributed by atoms with Gasteiger partial charge in [0.05, 0.1) is 28.6 Å². The first kappa shape index (κ1) is 16.8. The van der Waals surface area contributed by atoms with Gasteiger partial charge in [-0.25, -0.2) is 18.4 Å². The zero-order valence-corrected chi connectivity index (χ0v) is 13.2. The average Bonchev–Trinajstić information content (AvgIpc) is 2.69. The van der Waals surface area contributed by atoms with Crippen LogP contribution in [0.4, 0.5) is 5.69 Å². The lowest BCUT2D eigenvalue weighted by Crippen LogP contribution is -2.49. The highest BCUT2D eigenvalue weighted by Crippen LogP contribution is 2.22. The van der Waals surface area contributed by atoms with Crippen molar-refractivity contribution in [3.63, 3.8) is 0 Å². The maximum atomic E-state index is 11.7. The highest BCUT2D eigenvalue weighted by Gasteiger charge is 2.40. The number of nitro benzene ring substituents is 1. The Bertz CT molecular complexity index is 644. The summed E-state index contributed by atoms with van der Waals surface area (Å²) in [5.41, 5.74) is 0.805. The molecule has 0 aromatic heterocycles. The summed E-state index contributed by atoms with van der Waals surface area (Å²) < 4.78 is 23.3. The number of benzene rings is 1. The fraction of sp³-hybridized carbons (Fsp3) is 0.538. The standard InChI is InChI=1S/C13H19N3O5S/c1-14(2)15(12-8-22(20,21)9-13(12)17)7-10-3-5-11(6-4-10)16(18)19/h3-6,12-13,17H,7-9H2,1-2H3/t12-,13+/m1/s1. The van der Waals surface area contributed by atoms with E-state index < -0.39 is 26.9 Å². The van der Waals surface area contributed by atoms with Crippen molar-refractivity contribution in [1.82, 2.24) is 10.0 Å². The normalized spacial score (nSPS) is 24.0. The molecule has 1 aromatic carbocycles. The van der Waals surface area contributed by atoms with Gasteiger partial charge in [0, 0.05) is 32.8 Å². The molecule has 0 saturated carbocycles. The lowest BCUT2D eigenvalue weighted by Gasteiger charge is -2.35. The first-order valence-corrected chi connectivity index (χ1v) is 8.57. The third-order valence-electron chi connectivity index (χ3n) is 3.68. The molecule has 0 unspecified atom stereocenters. The second-order valence-electron chi connectivity index (χ2n) is 5.58. The van der Waals surface area contributed by atoms with Crippen molar-refractivity contribution in [2.75, 3.05) is 25.6 Å². The molecule has 0 aliphatic carbocycles. The molecule has 0 spiro atoms. The molecule has 1 aromatic rings. The first-order valence-electron chi connectivity index (χ1n) is 6.75. The zero-order chi connectivity index (χ0) is 16.5. The molecular formula is C13H19N3O5S. The van der Waals surface area contributed by atoms with Crippen molar-refractivity contribution < 1.29 is 18.4 Å². The van der Waals surface area contributed by atoms with E-state index in [0.717, 1.165) is 5.56 Å². The monoisotopic (exact) mass is 329 g/mol. The molecule has 1 aliphatic rings. The molecule has 122 valence electrons. The van der Waals surface area contributed by atoms with E-state index >= 15 is 0 Å². The van der Waals surface area contributed by atoms with Gasteiger partial charge in [-0.05, 0) is 5.56 Å². The van der Waals surface area contributed by atoms with Crippen LogP contribution >= 0.6 is 0 Å². The number of aliphatic hydroxyl groups is 1. The molecule has 1 fully saturated rings. The summed E-state index contributed by atoms with van der Waals surface area (Å²) in [6.07, 6.45) is -0.939. The minimum atomic E-state index is -3.24. The summed E-state index contributed by atoms with van der Waals surface area (Å²) in [4.78, 5) is 10.2. The van der Waals surface area contributed by atoms with E-state index in [1.807, 2.05) is 0 Å². The molecule has 1 saturated heterocycles. The summed E-state index contributed by atoms with van der Waals surface area (Å²) in [6.45, 7) is 0.363. The second kappa shape index (κ2) is 6.29. The summed E-state index contributed by atoms with van der Waals surface area (Å²) in [7, 11) is 0.293. The number of aliphatic hydroxyl groups excluding tert-OH is 1. The SMILES string of the molecule is CN(C)N(Cc1ccc([N+](=O)[O-])cc1)[C@@H]1CS(=O)(=O)C[C@@H]1O. The smallest absolute Gasteiger partial charge is 0.269 e. The van der Waals surface area contributed by atoms with Gasteiger partial charge in [0.25, 0.3) is 5.69 Å². The zero-order valence-electron chi connectivity index (χ0n) is 12.4. The molecule has 1 N–H and O–H groups in total. The topological polar surface area (TPSA) is 104 Å². The fourth-order valence-corrected chi connectivity index (χ4v) is 4.35. The highest BCUT2D eigenvalue weighted by atomic mass is 32.2. The van der Waals surface area contributed by atoms with Crippen LogP contribution in [-0.2, 0) is 16.4 Å². The number of sulfone groups is 1. The quantitative estimate of drug-likeness (QED) is 0.600. The molecule has 0 bridgehead atoms. The number of hydrazine groups is 1. The lowest BCUT2D eigenvalue weighted by atomic mass is 10.1. The van der Waals surface area contributed by atoms with Gasteiger partial charge in [-0.2, -0.15) is 0 Å². The van der Waals surface area contributed by atoms with Crippen LogP contribution < -0.4 is 0 Å². The average molecular weight is 329 g/mol. The second-order valence-corrected chi connectivity index (χ2v) is 7.73. The molecule has 9 heteroatoms. The molecular weight excluding hydrogens is 310 g/mol. The molecule has 1 heterocycles. The van der Waals surface area contributed by atoms with E-state index in [2.05, 4.69) is 0 Å². The van der Waals surface area contributed by atoms with Gasteiger partial charge in [0.1, 0.15) is 0 Å². The number of non-ortho nitro benzene ring substituents is 1. The molecule has 8 nitrogen and oxygen atoms in total. The Morgan fingerprint density at radius 1 is 1.27 bits per heavy atom. The molecule has 2 atom stereocenters.